The molecule has 0 aromatic heterocycles. The topological polar surface area (TPSA) is 44.7 Å². The van der Waals surface area contributed by atoms with E-state index in [9.17, 15) is 4.79 Å². The van der Waals surface area contributed by atoms with Crippen LogP contribution in [-0.4, -0.2) is 46.4 Å². The van der Waals surface area contributed by atoms with Gasteiger partial charge in [0.15, 0.2) is 5.17 Å². The van der Waals surface area contributed by atoms with Crippen LogP contribution >= 0.6 is 11.8 Å². The van der Waals surface area contributed by atoms with Crippen molar-refractivity contribution in [1.82, 2.24) is 10.2 Å². The molecule has 1 N–H and O–H groups in total. The number of hydrogen-bond donors (Lipinski definition) is 1. The third-order valence-corrected chi connectivity index (χ3v) is 4.45. The summed E-state index contributed by atoms with van der Waals surface area (Å²) in [6, 6.07) is -0.253. The van der Waals surface area contributed by atoms with E-state index in [-0.39, 0.29) is 17.5 Å². The predicted molar refractivity (Wildman–Crippen MR) is 72.4 cm³/mol. The molecule has 0 aromatic rings. The van der Waals surface area contributed by atoms with Gasteiger partial charge in [0.05, 0.1) is 0 Å². The number of carbonyl (C=O) groups is 1. The van der Waals surface area contributed by atoms with Gasteiger partial charge in [0.1, 0.15) is 6.04 Å². The second-order valence-corrected chi connectivity index (χ2v) is 6.40. The smallest absolute Gasteiger partial charge is 0.247 e. The number of likely N-dealkylation sites (tertiary alicyclic amines) is 1. The van der Waals surface area contributed by atoms with E-state index in [1.807, 2.05) is 11.8 Å². The molecule has 2 heterocycles. The molecule has 0 radical (unpaired) electrons. The fourth-order valence-corrected chi connectivity index (χ4v) is 3.26. The maximum absolute atomic E-state index is 12.1. The highest BCUT2D eigenvalue weighted by Gasteiger charge is 2.29. The van der Waals surface area contributed by atoms with Gasteiger partial charge in [-0.1, -0.05) is 11.8 Å². The van der Waals surface area contributed by atoms with E-state index in [4.69, 9.17) is 0 Å². The van der Waals surface area contributed by atoms with Gasteiger partial charge in [-0.25, -0.2) is 4.99 Å². The summed E-state index contributed by atoms with van der Waals surface area (Å²) in [5, 5.41) is 4.26. The van der Waals surface area contributed by atoms with Crippen LogP contribution in [0.15, 0.2) is 4.99 Å². The zero-order valence-corrected chi connectivity index (χ0v) is 11.6. The molecule has 2 fully saturated rings. The van der Waals surface area contributed by atoms with Crippen molar-refractivity contribution in [3.8, 4) is 0 Å². The van der Waals surface area contributed by atoms with Crippen LogP contribution < -0.4 is 5.32 Å². The summed E-state index contributed by atoms with van der Waals surface area (Å²) in [5.41, 5.74) is 0.0971. The lowest BCUT2D eigenvalue weighted by atomic mass is 10.1. The largest absolute Gasteiger partial charge is 0.359 e. The Hall–Kier alpha value is -0.710. The van der Waals surface area contributed by atoms with Gasteiger partial charge in [0, 0.05) is 24.4 Å². The maximum Gasteiger partial charge on any atom is 0.247 e. The van der Waals surface area contributed by atoms with Gasteiger partial charge in [-0.05, 0) is 33.6 Å². The van der Waals surface area contributed by atoms with Gasteiger partial charge >= 0.3 is 0 Å². The molecule has 0 saturated carbocycles. The number of thioether (sulfide) groups is 1. The third-order valence-electron chi connectivity index (χ3n) is 3.10. The van der Waals surface area contributed by atoms with Crippen LogP contribution in [0.3, 0.4) is 0 Å². The van der Waals surface area contributed by atoms with E-state index in [0.29, 0.717) is 0 Å². The fourth-order valence-electron chi connectivity index (χ4n) is 2.11. The Balaban J connectivity index is 1.94. The second-order valence-electron chi connectivity index (χ2n) is 5.44. The van der Waals surface area contributed by atoms with Crippen molar-refractivity contribution < 1.29 is 4.79 Å². The molecule has 2 aliphatic rings. The summed E-state index contributed by atoms with van der Waals surface area (Å²) in [4.78, 5) is 18.5. The van der Waals surface area contributed by atoms with Crippen LogP contribution in [0.4, 0.5) is 0 Å². The normalized spacial score (nSPS) is 27.2. The molecule has 0 spiro atoms. The van der Waals surface area contributed by atoms with Gasteiger partial charge in [-0.15, -0.1) is 0 Å². The number of aliphatic imine (C=N–C) groups is 1. The minimum absolute atomic E-state index is 0.0971. The molecule has 2 aliphatic heterocycles. The maximum atomic E-state index is 12.1. The lowest BCUT2D eigenvalue weighted by Gasteiger charge is -2.19. The Labute approximate surface area is 107 Å². The first-order valence-corrected chi connectivity index (χ1v) is 7.24. The average Bonchev–Trinajstić information content (AvgIpc) is 2.86. The van der Waals surface area contributed by atoms with E-state index in [1.165, 1.54) is 0 Å². The Kier molecular flexibility index (Phi) is 3.66. The van der Waals surface area contributed by atoms with Crippen LogP contribution in [0.2, 0.25) is 0 Å². The molecular formula is C12H21N3OS. The van der Waals surface area contributed by atoms with Gasteiger partial charge in [0.2, 0.25) is 5.91 Å². The number of hydrogen-bond acceptors (Lipinski definition) is 3. The van der Waals surface area contributed by atoms with Crippen LogP contribution in [-0.2, 0) is 4.79 Å². The van der Waals surface area contributed by atoms with Gasteiger partial charge in [0.25, 0.3) is 0 Å². The van der Waals surface area contributed by atoms with Crippen LogP contribution in [0, 0.1) is 0 Å². The van der Waals surface area contributed by atoms with Gasteiger partial charge in [-0.2, -0.15) is 0 Å². The first-order valence-electron chi connectivity index (χ1n) is 6.25. The van der Waals surface area contributed by atoms with Crippen molar-refractivity contribution in [2.24, 2.45) is 4.99 Å². The molecule has 5 heteroatoms. The third kappa shape index (κ3) is 3.15. The molecule has 2 rings (SSSR count). The van der Waals surface area contributed by atoms with Crippen LogP contribution in [0.5, 0.6) is 0 Å². The standard InChI is InChI=1S/C12H21N3OS/c1-9(10(16)15-6-4-5-7-15)13-11-14-12(2,3)8-17-11/h9H,4-8H2,1-3H3,(H,13,14). The molecule has 0 bridgehead atoms. The zero-order valence-electron chi connectivity index (χ0n) is 10.8. The molecule has 0 aliphatic carbocycles. The Morgan fingerprint density at radius 1 is 1.47 bits per heavy atom. The molecule has 1 atom stereocenters. The molecule has 1 amide bonds. The summed E-state index contributed by atoms with van der Waals surface area (Å²) < 4.78 is 0. The van der Waals surface area contributed by atoms with Crippen molar-refractivity contribution in [2.75, 3.05) is 18.8 Å². The highest BCUT2D eigenvalue weighted by molar-refractivity contribution is 8.14. The number of amidine groups is 1. The van der Waals surface area contributed by atoms with E-state index >= 15 is 0 Å². The molecule has 1 unspecified atom stereocenters. The summed E-state index contributed by atoms with van der Waals surface area (Å²) in [6.07, 6.45) is 2.27. The minimum Gasteiger partial charge on any atom is -0.359 e. The van der Waals surface area contributed by atoms with Crippen LogP contribution in [0.1, 0.15) is 33.6 Å². The highest BCUT2D eigenvalue weighted by Crippen LogP contribution is 2.23. The molecule has 0 aromatic carbocycles. The number of carbonyl (C=O) groups excluding carboxylic acids is 1. The lowest BCUT2D eigenvalue weighted by Crippen LogP contribution is -2.39. The van der Waals surface area contributed by atoms with Crippen LogP contribution in [0.25, 0.3) is 0 Å². The van der Waals surface area contributed by atoms with Crippen molar-refractivity contribution in [3.05, 3.63) is 0 Å². The van der Waals surface area contributed by atoms with Crippen molar-refractivity contribution in [1.29, 1.82) is 0 Å². The number of nitrogens with zero attached hydrogens (tertiary/aromatic N) is 2. The summed E-state index contributed by atoms with van der Waals surface area (Å²) in [6.45, 7) is 7.99. The molecule has 96 valence electrons. The first-order chi connectivity index (χ1) is 7.98. The van der Waals surface area contributed by atoms with E-state index in [1.54, 1.807) is 11.8 Å². The monoisotopic (exact) mass is 255 g/mol. The number of nitrogens with one attached hydrogen (secondary N) is 1. The average molecular weight is 255 g/mol. The first kappa shape index (κ1) is 12.7. The highest BCUT2D eigenvalue weighted by atomic mass is 32.2. The molecular weight excluding hydrogens is 234 g/mol. The molecule has 2 saturated heterocycles. The lowest BCUT2D eigenvalue weighted by molar-refractivity contribution is -0.131. The van der Waals surface area contributed by atoms with Crippen molar-refractivity contribution in [2.45, 2.75) is 45.2 Å². The molecule has 17 heavy (non-hydrogen) atoms. The quantitative estimate of drug-likeness (QED) is 0.812. The predicted octanol–water partition coefficient (Wildman–Crippen LogP) is 1.47. The van der Waals surface area contributed by atoms with E-state index in [2.05, 4.69) is 24.2 Å². The van der Waals surface area contributed by atoms with E-state index in [0.717, 1.165) is 36.9 Å². The summed E-state index contributed by atoms with van der Waals surface area (Å²) in [5.74, 6) is 1.18. The van der Waals surface area contributed by atoms with Crippen molar-refractivity contribution in [3.63, 3.8) is 0 Å². The Morgan fingerprint density at radius 3 is 2.65 bits per heavy atom. The SMILES string of the molecule is CC(N=C1NC(C)(C)CS1)C(=O)N1CCCC1. The second kappa shape index (κ2) is 4.88. The Morgan fingerprint density at radius 2 is 2.12 bits per heavy atom. The Bertz CT molecular complexity index is 335. The van der Waals surface area contributed by atoms with E-state index < -0.39 is 0 Å². The molecule has 4 nitrogen and oxygen atoms in total. The number of rotatable bonds is 2. The fraction of sp³-hybridized carbons (Fsp3) is 0.833. The van der Waals surface area contributed by atoms with Gasteiger partial charge < -0.3 is 10.2 Å². The minimum atomic E-state index is -0.253. The van der Waals surface area contributed by atoms with Gasteiger partial charge in [-0.3, -0.25) is 4.79 Å². The summed E-state index contributed by atoms with van der Waals surface area (Å²) >= 11 is 1.71. The zero-order chi connectivity index (χ0) is 12.5. The number of amides is 1. The van der Waals surface area contributed by atoms with Crippen molar-refractivity contribution >= 4 is 22.8 Å². The summed E-state index contributed by atoms with van der Waals surface area (Å²) in [7, 11) is 0.